The van der Waals surface area contributed by atoms with E-state index in [0.717, 1.165) is 28.0 Å². The number of rotatable bonds is 1. The van der Waals surface area contributed by atoms with Crippen LogP contribution < -0.4 is 10.6 Å². The van der Waals surface area contributed by atoms with Gasteiger partial charge in [0.2, 0.25) is 5.91 Å². The highest BCUT2D eigenvalue weighted by molar-refractivity contribution is 14.1. The average Bonchev–Trinajstić information content (AvgIpc) is 2.22. The van der Waals surface area contributed by atoms with Crippen LogP contribution in [0.5, 0.6) is 0 Å². The Labute approximate surface area is 109 Å². The van der Waals surface area contributed by atoms with Crippen molar-refractivity contribution < 1.29 is 4.79 Å². The van der Waals surface area contributed by atoms with Gasteiger partial charge in [0.25, 0.3) is 0 Å². The number of nitrogens with zero attached hydrogens (tertiary/aromatic N) is 2. The summed E-state index contributed by atoms with van der Waals surface area (Å²) in [5.74, 6) is 0.143. The third-order valence-electron chi connectivity index (χ3n) is 2.79. The van der Waals surface area contributed by atoms with Gasteiger partial charge in [-0.05, 0) is 40.8 Å². The number of likely N-dealkylation sites (N-methyl/N-ethyl adjacent to an activating group) is 1. The fourth-order valence-corrected chi connectivity index (χ4v) is 2.29. The van der Waals surface area contributed by atoms with Gasteiger partial charge in [0, 0.05) is 23.7 Å². The first-order valence-corrected chi connectivity index (χ1v) is 6.20. The number of amides is 1. The van der Waals surface area contributed by atoms with Crippen LogP contribution in [0.1, 0.15) is 0 Å². The molecule has 2 rings (SSSR count). The van der Waals surface area contributed by atoms with Crippen molar-refractivity contribution in [2.45, 2.75) is 0 Å². The minimum Gasteiger partial charge on any atom is -0.397 e. The molecule has 1 heterocycles. The topological polar surface area (TPSA) is 49.6 Å². The molecule has 0 radical (unpaired) electrons. The van der Waals surface area contributed by atoms with E-state index in [1.165, 1.54) is 0 Å². The van der Waals surface area contributed by atoms with Gasteiger partial charge < -0.3 is 15.5 Å². The highest BCUT2D eigenvalue weighted by atomic mass is 127. The predicted octanol–water partition coefficient (Wildman–Crippen LogP) is 1.15. The standard InChI is InChI=1S/C11H14IN3O/c1-14-4-5-15(7-11(14)16)10-3-2-8(12)6-9(10)13/h2-3,6H,4-5,7,13H2,1H3. The summed E-state index contributed by atoms with van der Waals surface area (Å²) in [7, 11) is 1.83. The Bertz CT molecular complexity index is 422. The summed E-state index contributed by atoms with van der Waals surface area (Å²) in [5.41, 5.74) is 7.66. The zero-order valence-corrected chi connectivity index (χ0v) is 11.3. The molecule has 86 valence electrons. The Morgan fingerprint density at radius 3 is 2.75 bits per heavy atom. The number of anilines is 2. The van der Waals surface area contributed by atoms with Crippen LogP contribution in [0.15, 0.2) is 18.2 Å². The first kappa shape index (κ1) is 11.5. The van der Waals surface area contributed by atoms with Gasteiger partial charge in [-0.1, -0.05) is 0 Å². The van der Waals surface area contributed by atoms with Crippen LogP contribution in [0.2, 0.25) is 0 Å². The normalized spacial score (nSPS) is 16.8. The molecule has 0 unspecified atom stereocenters. The van der Waals surface area contributed by atoms with Crippen molar-refractivity contribution in [3.8, 4) is 0 Å². The molecule has 0 atom stereocenters. The summed E-state index contributed by atoms with van der Waals surface area (Å²) in [5, 5.41) is 0. The molecule has 4 nitrogen and oxygen atoms in total. The second-order valence-corrected chi connectivity index (χ2v) is 5.19. The summed E-state index contributed by atoms with van der Waals surface area (Å²) < 4.78 is 1.11. The first-order chi connectivity index (χ1) is 7.58. The van der Waals surface area contributed by atoms with Crippen LogP contribution in [0.4, 0.5) is 11.4 Å². The van der Waals surface area contributed by atoms with Crippen molar-refractivity contribution in [1.29, 1.82) is 0 Å². The summed E-state index contributed by atoms with van der Waals surface area (Å²) in [6, 6.07) is 5.92. The number of nitrogen functional groups attached to an aromatic ring is 1. The van der Waals surface area contributed by atoms with Gasteiger partial charge in [-0.15, -0.1) is 0 Å². The van der Waals surface area contributed by atoms with Crippen LogP contribution in [-0.2, 0) is 4.79 Å². The largest absolute Gasteiger partial charge is 0.397 e. The molecule has 0 aromatic heterocycles. The number of hydrogen-bond acceptors (Lipinski definition) is 3. The first-order valence-electron chi connectivity index (χ1n) is 5.12. The number of halogens is 1. The van der Waals surface area contributed by atoms with Crippen molar-refractivity contribution in [3.63, 3.8) is 0 Å². The number of piperazine rings is 1. The van der Waals surface area contributed by atoms with E-state index in [9.17, 15) is 4.79 Å². The van der Waals surface area contributed by atoms with Crippen LogP contribution in [0.25, 0.3) is 0 Å². The fourth-order valence-electron chi connectivity index (χ4n) is 1.78. The summed E-state index contributed by atoms with van der Waals surface area (Å²) in [6.45, 7) is 2.01. The lowest BCUT2D eigenvalue weighted by Gasteiger charge is -2.34. The molecular weight excluding hydrogens is 317 g/mol. The molecule has 0 bridgehead atoms. The van der Waals surface area contributed by atoms with E-state index in [1.807, 2.05) is 30.1 Å². The molecule has 1 aliphatic heterocycles. The highest BCUT2D eigenvalue weighted by Gasteiger charge is 2.22. The lowest BCUT2D eigenvalue weighted by molar-refractivity contribution is -0.129. The van der Waals surface area contributed by atoms with Gasteiger partial charge in [0.1, 0.15) is 0 Å². The Morgan fingerprint density at radius 1 is 1.38 bits per heavy atom. The molecule has 0 saturated carbocycles. The van der Waals surface area contributed by atoms with Crippen LogP contribution in [-0.4, -0.2) is 37.5 Å². The molecule has 0 spiro atoms. The molecule has 1 fully saturated rings. The molecule has 2 N–H and O–H groups in total. The number of hydrogen-bond donors (Lipinski definition) is 1. The van der Waals surface area contributed by atoms with Crippen molar-refractivity contribution in [2.24, 2.45) is 0 Å². The summed E-state index contributed by atoms with van der Waals surface area (Å²) in [4.78, 5) is 15.4. The number of nitrogens with two attached hydrogens (primary N) is 1. The van der Waals surface area contributed by atoms with Crippen molar-refractivity contribution in [2.75, 3.05) is 37.3 Å². The van der Waals surface area contributed by atoms with Gasteiger partial charge in [-0.3, -0.25) is 4.79 Å². The Hall–Kier alpha value is -0.980. The summed E-state index contributed by atoms with van der Waals surface area (Å²) in [6.07, 6.45) is 0. The zero-order valence-electron chi connectivity index (χ0n) is 9.11. The second-order valence-electron chi connectivity index (χ2n) is 3.94. The van der Waals surface area contributed by atoms with Gasteiger partial charge >= 0.3 is 0 Å². The maximum atomic E-state index is 11.6. The van der Waals surface area contributed by atoms with Crippen LogP contribution in [0.3, 0.4) is 0 Å². The quantitative estimate of drug-likeness (QED) is 0.620. The maximum Gasteiger partial charge on any atom is 0.241 e. The molecule has 1 aromatic carbocycles. The molecule has 1 amide bonds. The molecular formula is C11H14IN3O. The van der Waals surface area contributed by atoms with Crippen molar-refractivity contribution in [1.82, 2.24) is 4.90 Å². The van der Waals surface area contributed by atoms with Gasteiger partial charge in [0.15, 0.2) is 0 Å². The predicted molar refractivity (Wildman–Crippen MR) is 73.4 cm³/mol. The molecule has 16 heavy (non-hydrogen) atoms. The monoisotopic (exact) mass is 331 g/mol. The molecule has 0 aliphatic carbocycles. The van der Waals surface area contributed by atoms with Gasteiger partial charge in [-0.25, -0.2) is 0 Å². The average molecular weight is 331 g/mol. The Balaban J connectivity index is 2.22. The van der Waals surface area contributed by atoms with E-state index >= 15 is 0 Å². The maximum absolute atomic E-state index is 11.6. The van der Waals surface area contributed by atoms with Crippen LogP contribution >= 0.6 is 22.6 Å². The van der Waals surface area contributed by atoms with Crippen molar-refractivity contribution >= 4 is 39.9 Å². The van der Waals surface area contributed by atoms with E-state index in [2.05, 4.69) is 22.6 Å². The third kappa shape index (κ3) is 2.23. The smallest absolute Gasteiger partial charge is 0.241 e. The van der Waals surface area contributed by atoms with E-state index in [0.29, 0.717) is 6.54 Å². The van der Waals surface area contributed by atoms with E-state index < -0.39 is 0 Å². The third-order valence-corrected chi connectivity index (χ3v) is 3.46. The zero-order chi connectivity index (χ0) is 11.7. The van der Waals surface area contributed by atoms with E-state index in [4.69, 9.17) is 5.73 Å². The minimum atomic E-state index is 0.143. The molecule has 1 aromatic rings. The SMILES string of the molecule is CN1CCN(c2ccc(I)cc2N)CC1=O. The van der Waals surface area contributed by atoms with Crippen molar-refractivity contribution in [3.05, 3.63) is 21.8 Å². The number of carbonyl (C=O) groups is 1. The highest BCUT2D eigenvalue weighted by Crippen LogP contribution is 2.26. The fraction of sp³-hybridized carbons (Fsp3) is 0.364. The molecule has 1 aliphatic rings. The lowest BCUT2D eigenvalue weighted by atomic mass is 10.2. The lowest BCUT2D eigenvalue weighted by Crippen LogP contribution is -2.48. The number of carbonyl (C=O) groups excluding carboxylic acids is 1. The van der Waals surface area contributed by atoms with Gasteiger partial charge in [0.05, 0.1) is 17.9 Å². The number of benzene rings is 1. The minimum absolute atomic E-state index is 0.143. The van der Waals surface area contributed by atoms with Crippen LogP contribution in [0, 0.1) is 3.57 Å². The van der Waals surface area contributed by atoms with Gasteiger partial charge in [-0.2, -0.15) is 0 Å². The molecule has 1 saturated heterocycles. The Morgan fingerprint density at radius 2 is 2.12 bits per heavy atom. The second kappa shape index (κ2) is 4.48. The Kier molecular flexibility index (Phi) is 3.22. The van der Waals surface area contributed by atoms with E-state index in [1.54, 1.807) is 4.90 Å². The summed E-state index contributed by atoms with van der Waals surface area (Å²) >= 11 is 2.23. The molecule has 5 heteroatoms. The van der Waals surface area contributed by atoms with E-state index in [-0.39, 0.29) is 5.91 Å².